The number of carbonyl (C=O) groups is 1. The average Bonchev–Trinajstić information content (AvgIpc) is 2.47. The number of rotatable bonds is 1. The van der Waals surface area contributed by atoms with Gasteiger partial charge in [-0.25, -0.2) is 4.98 Å². The summed E-state index contributed by atoms with van der Waals surface area (Å²) in [6.07, 6.45) is 0. The van der Waals surface area contributed by atoms with Gasteiger partial charge in [0.05, 0.1) is 10.8 Å². The molecule has 2 rings (SSSR count). The summed E-state index contributed by atoms with van der Waals surface area (Å²) in [5.74, 6) is -0.634. The van der Waals surface area contributed by atoms with E-state index in [0.717, 1.165) is 21.5 Å². The molecule has 0 aliphatic heterocycles. The standard InChI is InChI=1S/C10H10N2OS.Rb/c1-5-3-6(2)12-10-7(5)4-8(14-10)9(11)13;/h3-4H,1-2H3,(H2,11,13);/q;+1/p-1. The molecule has 5 heteroatoms. The van der Waals surface area contributed by atoms with Crippen LogP contribution in [0.1, 0.15) is 20.9 Å². The number of amides is 1. The van der Waals surface area contributed by atoms with Crippen LogP contribution in [0.3, 0.4) is 0 Å². The van der Waals surface area contributed by atoms with Crippen LogP contribution in [0.2, 0.25) is 0 Å². The van der Waals surface area contributed by atoms with Gasteiger partial charge in [0, 0.05) is 11.1 Å². The van der Waals surface area contributed by atoms with Crippen molar-refractivity contribution >= 4 is 27.5 Å². The Kier molecular flexibility index (Phi) is 4.61. The molecule has 0 fully saturated rings. The molecular formula is C10H9N2ORbS. The first-order chi connectivity index (χ1) is 6.58. The predicted octanol–water partition coefficient (Wildman–Crippen LogP) is 0.110. The Morgan fingerprint density at radius 2 is 2.07 bits per heavy atom. The molecule has 0 saturated carbocycles. The molecule has 2 aromatic rings. The number of nitrogens with one attached hydrogen (secondary N) is 1. The van der Waals surface area contributed by atoms with Gasteiger partial charge in [0.25, 0.3) is 0 Å². The van der Waals surface area contributed by atoms with Crippen molar-refractivity contribution < 1.29 is 63.0 Å². The Balaban J connectivity index is 0.00000112. The molecule has 0 aliphatic rings. The van der Waals surface area contributed by atoms with Gasteiger partial charge in [-0.2, -0.15) is 0 Å². The molecule has 2 aromatic heterocycles. The van der Waals surface area contributed by atoms with Gasteiger partial charge in [0.15, 0.2) is 0 Å². The zero-order valence-electron chi connectivity index (χ0n) is 8.92. The van der Waals surface area contributed by atoms with E-state index in [2.05, 4.69) is 4.98 Å². The fourth-order valence-corrected chi connectivity index (χ4v) is 2.44. The topological polar surface area (TPSA) is 53.8 Å². The van der Waals surface area contributed by atoms with E-state index in [1.54, 1.807) is 6.07 Å². The third-order valence-corrected chi connectivity index (χ3v) is 3.09. The zero-order valence-corrected chi connectivity index (χ0v) is 14.7. The van der Waals surface area contributed by atoms with Gasteiger partial charge in [-0.3, -0.25) is 0 Å². The summed E-state index contributed by atoms with van der Waals surface area (Å²) in [7, 11) is 0. The molecule has 0 spiro atoms. The van der Waals surface area contributed by atoms with Gasteiger partial charge in [0.2, 0.25) is 0 Å². The Labute approximate surface area is 141 Å². The number of aromatic nitrogens is 1. The van der Waals surface area contributed by atoms with Crippen LogP contribution in [0.25, 0.3) is 16.0 Å². The van der Waals surface area contributed by atoms with Crippen LogP contribution in [-0.2, 0) is 0 Å². The molecule has 0 radical (unpaired) electrons. The van der Waals surface area contributed by atoms with Crippen molar-refractivity contribution in [2.45, 2.75) is 13.8 Å². The number of pyridine rings is 1. The summed E-state index contributed by atoms with van der Waals surface area (Å²) >= 11 is 1.29. The van der Waals surface area contributed by atoms with Crippen LogP contribution in [0.15, 0.2) is 12.1 Å². The van der Waals surface area contributed by atoms with Crippen molar-refractivity contribution in [2.24, 2.45) is 0 Å². The van der Waals surface area contributed by atoms with Crippen molar-refractivity contribution in [1.29, 1.82) is 0 Å². The molecule has 1 amide bonds. The van der Waals surface area contributed by atoms with Crippen molar-refractivity contribution in [2.75, 3.05) is 0 Å². The molecule has 0 aromatic carbocycles. The monoisotopic (exact) mass is 290 g/mol. The van der Waals surface area contributed by atoms with Gasteiger partial charge in [-0.1, -0.05) is 0 Å². The van der Waals surface area contributed by atoms with Crippen molar-refractivity contribution in [1.82, 2.24) is 4.98 Å². The summed E-state index contributed by atoms with van der Waals surface area (Å²) < 4.78 is 0. The number of hydrogen-bond donors (Lipinski definition) is 0. The molecule has 15 heavy (non-hydrogen) atoms. The van der Waals surface area contributed by atoms with Crippen LogP contribution in [-0.4, -0.2) is 10.9 Å². The van der Waals surface area contributed by atoms with Crippen LogP contribution in [0, 0.1) is 13.8 Å². The summed E-state index contributed by atoms with van der Waals surface area (Å²) in [4.78, 5) is 16.5. The fourth-order valence-electron chi connectivity index (χ4n) is 1.44. The SMILES string of the molecule is Cc1cc(C)c2cc(C([NH-])=O)sc2n1.[Rb+]. The second-order valence-corrected chi connectivity index (χ2v) is 4.27. The molecule has 3 nitrogen and oxygen atoms in total. The molecule has 0 atom stereocenters. The van der Waals surface area contributed by atoms with E-state index >= 15 is 0 Å². The maximum atomic E-state index is 10.9. The summed E-state index contributed by atoms with van der Waals surface area (Å²) in [6.45, 7) is 3.91. The Hall–Kier alpha value is 0.385. The number of fused-ring (bicyclic) bond motifs is 1. The van der Waals surface area contributed by atoms with Crippen LogP contribution in [0.5, 0.6) is 0 Å². The van der Waals surface area contributed by atoms with E-state index in [1.165, 1.54) is 11.3 Å². The molecule has 2 heterocycles. The number of carbonyl (C=O) groups excluding carboxylic acids is 1. The van der Waals surface area contributed by atoms with E-state index in [0.29, 0.717) is 4.88 Å². The van der Waals surface area contributed by atoms with Crippen LogP contribution in [0.4, 0.5) is 0 Å². The molecule has 72 valence electrons. The second kappa shape index (κ2) is 5.14. The average molecular weight is 291 g/mol. The maximum absolute atomic E-state index is 10.9. The third kappa shape index (κ3) is 2.74. The summed E-state index contributed by atoms with van der Waals surface area (Å²) in [5, 5.41) is 0.983. The largest absolute Gasteiger partial charge is 1.00 e. The first-order valence-electron chi connectivity index (χ1n) is 4.21. The van der Waals surface area contributed by atoms with Crippen molar-refractivity contribution in [3.63, 3.8) is 0 Å². The molecule has 1 N–H and O–H groups in total. The van der Waals surface area contributed by atoms with Crippen molar-refractivity contribution in [3.05, 3.63) is 34.0 Å². The van der Waals surface area contributed by atoms with E-state index in [-0.39, 0.29) is 58.2 Å². The van der Waals surface area contributed by atoms with Crippen molar-refractivity contribution in [3.8, 4) is 0 Å². The second-order valence-electron chi connectivity index (χ2n) is 3.24. The minimum Gasteiger partial charge on any atom is -0.663 e. The molecule has 0 unspecified atom stereocenters. The molecule has 0 aliphatic carbocycles. The van der Waals surface area contributed by atoms with E-state index in [1.807, 2.05) is 19.9 Å². The smallest absolute Gasteiger partial charge is 0.663 e. The number of aryl methyl sites for hydroxylation is 2. The van der Waals surface area contributed by atoms with Gasteiger partial charge in [-0.15, -0.1) is 11.3 Å². The fraction of sp³-hybridized carbons (Fsp3) is 0.200. The third-order valence-electron chi connectivity index (χ3n) is 2.06. The minimum atomic E-state index is -0.634. The molecular weight excluding hydrogens is 282 g/mol. The number of nitrogens with zero attached hydrogens (tertiary/aromatic N) is 1. The normalized spacial score (nSPS) is 10.0. The maximum Gasteiger partial charge on any atom is 1.00 e. The zero-order chi connectivity index (χ0) is 10.3. The Morgan fingerprint density at radius 3 is 2.67 bits per heavy atom. The van der Waals surface area contributed by atoms with Gasteiger partial charge in [-0.05, 0) is 31.5 Å². The summed E-state index contributed by atoms with van der Waals surface area (Å²) in [5.41, 5.74) is 9.07. The number of hydrogen-bond acceptors (Lipinski definition) is 3. The predicted molar refractivity (Wildman–Crippen MR) is 57.7 cm³/mol. The first-order valence-corrected chi connectivity index (χ1v) is 5.03. The van der Waals surface area contributed by atoms with E-state index in [9.17, 15) is 4.79 Å². The summed E-state index contributed by atoms with van der Waals surface area (Å²) in [6, 6.07) is 3.73. The van der Waals surface area contributed by atoms with Crippen LogP contribution >= 0.6 is 11.3 Å². The Morgan fingerprint density at radius 1 is 1.40 bits per heavy atom. The number of thiophene rings is 1. The minimum absolute atomic E-state index is 0. The first kappa shape index (κ1) is 13.5. The molecule has 0 saturated heterocycles. The van der Waals surface area contributed by atoms with Gasteiger partial charge >= 0.3 is 58.2 Å². The van der Waals surface area contributed by atoms with Gasteiger partial charge < -0.3 is 10.5 Å². The van der Waals surface area contributed by atoms with Gasteiger partial charge in [0.1, 0.15) is 4.83 Å². The Bertz CT molecular complexity index is 521. The van der Waals surface area contributed by atoms with E-state index < -0.39 is 5.91 Å². The van der Waals surface area contributed by atoms with Crippen LogP contribution < -0.4 is 58.2 Å². The quantitative estimate of drug-likeness (QED) is 0.748. The van der Waals surface area contributed by atoms with E-state index in [4.69, 9.17) is 5.73 Å². The molecule has 0 bridgehead atoms.